The van der Waals surface area contributed by atoms with E-state index in [0.29, 0.717) is 5.56 Å². The second kappa shape index (κ2) is 7.13. The third kappa shape index (κ3) is 4.47. The number of hydrogen-bond acceptors (Lipinski definition) is 3. The first-order valence-corrected chi connectivity index (χ1v) is 6.33. The standard InChI is InChI=1S/C14H23N3O/c1-4-17(3)8-7-16-10-13-6-5-12(14(15)18)9-11(13)2/h5-6,9,16H,4,7-8,10H2,1-3H3,(H2,15,18). The van der Waals surface area contributed by atoms with E-state index in [1.54, 1.807) is 6.07 Å². The summed E-state index contributed by atoms with van der Waals surface area (Å²) in [5.41, 5.74) is 8.12. The molecule has 4 heteroatoms. The molecule has 100 valence electrons. The van der Waals surface area contributed by atoms with Crippen LogP contribution in [0, 0.1) is 6.92 Å². The largest absolute Gasteiger partial charge is 0.366 e. The number of hydrogen-bond donors (Lipinski definition) is 2. The van der Waals surface area contributed by atoms with Crippen LogP contribution in [0.3, 0.4) is 0 Å². The van der Waals surface area contributed by atoms with Gasteiger partial charge in [0.05, 0.1) is 0 Å². The Labute approximate surface area is 109 Å². The molecule has 0 fully saturated rings. The minimum absolute atomic E-state index is 0.373. The van der Waals surface area contributed by atoms with Crippen LogP contribution in [0.15, 0.2) is 18.2 Å². The van der Waals surface area contributed by atoms with Gasteiger partial charge in [0, 0.05) is 25.2 Å². The highest BCUT2D eigenvalue weighted by molar-refractivity contribution is 5.93. The Kier molecular flexibility index (Phi) is 5.82. The Morgan fingerprint density at radius 3 is 2.72 bits per heavy atom. The number of carbonyl (C=O) groups excluding carboxylic acids is 1. The van der Waals surface area contributed by atoms with Crippen LogP contribution in [-0.4, -0.2) is 37.5 Å². The summed E-state index contributed by atoms with van der Waals surface area (Å²) in [5.74, 6) is -0.373. The average Bonchev–Trinajstić information content (AvgIpc) is 2.35. The van der Waals surface area contributed by atoms with Crippen molar-refractivity contribution in [2.24, 2.45) is 5.73 Å². The molecule has 1 amide bonds. The smallest absolute Gasteiger partial charge is 0.248 e. The molecule has 1 aromatic carbocycles. The third-order valence-electron chi connectivity index (χ3n) is 3.15. The van der Waals surface area contributed by atoms with Crippen LogP contribution < -0.4 is 11.1 Å². The van der Waals surface area contributed by atoms with Crippen molar-refractivity contribution in [3.05, 3.63) is 34.9 Å². The lowest BCUT2D eigenvalue weighted by molar-refractivity contribution is 0.1000. The quantitative estimate of drug-likeness (QED) is 0.712. The van der Waals surface area contributed by atoms with Gasteiger partial charge in [-0.3, -0.25) is 4.79 Å². The van der Waals surface area contributed by atoms with Gasteiger partial charge in [-0.05, 0) is 43.8 Å². The van der Waals surface area contributed by atoms with E-state index in [4.69, 9.17) is 5.73 Å². The zero-order valence-electron chi connectivity index (χ0n) is 11.5. The number of likely N-dealkylation sites (N-methyl/N-ethyl adjacent to an activating group) is 1. The number of primary amides is 1. The van der Waals surface area contributed by atoms with E-state index in [-0.39, 0.29) is 5.91 Å². The molecule has 0 aliphatic rings. The molecule has 0 radical (unpaired) electrons. The molecular formula is C14H23N3O. The summed E-state index contributed by atoms with van der Waals surface area (Å²) in [6.45, 7) is 8.03. The first-order chi connectivity index (χ1) is 8.54. The number of benzene rings is 1. The van der Waals surface area contributed by atoms with Crippen LogP contribution in [0.25, 0.3) is 0 Å². The van der Waals surface area contributed by atoms with Gasteiger partial charge >= 0.3 is 0 Å². The third-order valence-corrected chi connectivity index (χ3v) is 3.15. The van der Waals surface area contributed by atoms with Gasteiger partial charge in [0.2, 0.25) is 5.91 Å². The highest BCUT2D eigenvalue weighted by Crippen LogP contribution is 2.10. The van der Waals surface area contributed by atoms with E-state index in [2.05, 4.69) is 24.2 Å². The SMILES string of the molecule is CCN(C)CCNCc1ccc(C(N)=O)cc1C. The molecule has 4 nitrogen and oxygen atoms in total. The van der Waals surface area contributed by atoms with Gasteiger partial charge in [0.1, 0.15) is 0 Å². The lowest BCUT2D eigenvalue weighted by Gasteiger charge is -2.14. The molecule has 0 aromatic heterocycles. The number of carbonyl (C=O) groups is 1. The molecule has 0 bridgehead atoms. The van der Waals surface area contributed by atoms with Gasteiger partial charge in [-0.15, -0.1) is 0 Å². The molecule has 0 atom stereocenters. The van der Waals surface area contributed by atoms with E-state index in [0.717, 1.165) is 31.7 Å². The topological polar surface area (TPSA) is 58.4 Å². The Morgan fingerprint density at radius 2 is 2.17 bits per heavy atom. The van der Waals surface area contributed by atoms with Crippen LogP contribution >= 0.6 is 0 Å². The number of aryl methyl sites for hydroxylation is 1. The van der Waals surface area contributed by atoms with E-state index >= 15 is 0 Å². The molecule has 1 rings (SSSR count). The predicted molar refractivity (Wildman–Crippen MR) is 74.6 cm³/mol. The number of nitrogens with two attached hydrogens (primary N) is 1. The van der Waals surface area contributed by atoms with Gasteiger partial charge in [0.15, 0.2) is 0 Å². The Hall–Kier alpha value is -1.39. The highest BCUT2D eigenvalue weighted by Gasteiger charge is 2.04. The van der Waals surface area contributed by atoms with Gasteiger partial charge in [-0.1, -0.05) is 13.0 Å². The Balaban J connectivity index is 2.46. The van der Waals surface area contributed by atoms with Gasteiger partial charge in [0.25, 0.3) is 0 Å². The molecule has 0 spiro atoms. The first kappa shape index (κ1) is 14.7. The van der Waals surface area contributed by atoms with Crippen molar-refractivity contribution < 1.29 is 4.79 Å². The summed E-state index contributed by atoms with van der Waals surface area (Å²) in [4.78, 5) is 13.3. The molecule has 0 saturated heterocycles. The maximum atomic E-state index is 11.0. The number of rotatable bonds is 7. The number of nitrogens with zero attached hydrogens (tertiary/aromatic N) is 1. The molecule has 0 heterocycles. The van der Waals surface area contributed by atoms with Crippen LogP contribution in [0.1, 0.15) is 28.4 Å². The summed E-state index contributed by atoms with van der Waals surface area (Å²) in [6.07, 6.45) is 0. The van der Waals surface area contributed by atoms with Crippen LogP contribution in [-0.2, 0) is 6.54 Å². The van der Waals surface area contributed by atoms with Crippen LogP contribution in [0.4, 0.5) is 0 Å². The average molecular weight is 249 g/mol. The van der Waals surface area contributed by atoms with Crippen LogP contribution in [0.5, 0.6) is 0 Å². The fraction of sp³-hybridized carbons (Fsp3) is 0.500. The highest BCUT2D eigenvalue weighted by atomic mass is 16.1. The summed E-state index contributed by atoms with van der Waals surface area (Å²) >= 11 is 0. The van der Waals surface area contributed by atoms with Gasteiger partial charge < -0.3 is 16.0 Å². The molecule has 0 saturated carbocycles. The summed E-state index contributed by atoms with van der Waals surface area (Å²) < 4.78 is 0. The molecular weight excluding hydrogens is 226 g/mol. The fourth-order valence-electron chi connectivity index (χ4n) is 1.70. The zero-order chi connectivity index (χ0) is 13.5. The van der Waals surface area contributed by atoms with Crippen molar-refractivity contribution in [3.63, 3.8) is 0 Å². The van der Waals surface area contributed by atoms with Crippen molar-refractivity contribution in [3.8, 4) is 0 Å². The molecule has 1 aromatic rings. The number of amides is 1. The van der Waals surface area contributed by atoms with Gasteiger partial charge in [-0.25, -0.2) is 0 Å². The van der Waals surface area contributed by atoms with E-state index in [1.165, 1.54) is 5.56 Å². The molecule has 0 aliphatic carbocycles. The normalized spacial score (nSPS) is 10.9. The molecule has 3 N–H and O–H groups in total. The Bertz CT molecular complexity index is 404. The molecule has 0 unspecified atom stereocenters. The van der Waals surface area contributed by atoms with Crippen LogP contribution in [0.2, 0.25) is 0 Å². The van der Waals surface area contributed by atoms with Crippen molar-refractivity contribution in [2.75, 3.05) is 26.7 Å². The van der Waals surface area contributed by atoms with E-state index < -0.39 is 0 Å². The summed E-state index contributed by atoms with van der Waals surface area (Å²) in [5, 5.41) is 3.40. The van der Waals surface area contributed by atoms with E-state index in [9.17, 15) is 4.79 Å². The summed E-state index contributed by atoms with van der Waals surface area (Å²) in [6, 6.07) is 5.59. The minimum atomic E-state index is -0.373. The monoisotopic (exact) mass is 249 g/mol. The van der Waals surface area contributed by atoms with Crippen molar-refractivity contribution in [1.82, 2.24) is 10.2 Å². The molecule has 18 heavy (non-hydrogen) atoms. The fourth-order valence-corrected chi connectivity index (χ4v) is 1.70. The van der Waals surface area contributed by atoms with Crippen molar-refractivity contribution >= 4 is 5.91 Å². The maximum Gasteiger partial charge on any atom is 0.248 e. The number of nitrogens with one attached hydrogen (secondary N) is 1. The van der Waals surface area contributed by atoms with Crippen molar-refractivity contribution in [2.45, 2.75) is 20.4 Å². The van der Waals surface area contributed by atoms with Crippen molar-refractivity contribution in [1.29, 1.82) is 0 Å². The zero-order valence-corrected chi connectivity index (χ0v) is 11.5. The predicted octanol–water partition coefficient (Wildman–Crippen LogP) is 1.14. The minimum Gasteiger partial charge on any atom is -0.366 e. The molecule has 0 aliphatic heterocycles. The second-order valence-electron chi connectivity index (χ2n) is 4.58. The van der Waals surface area contributed by atoms with E-state index in [1.807, 2.05) is 19.1 Å². The lowest BCUT2D eigenvalue weighted by atomic mass is 10.0. The maximum absolute atomic E-state index is 11.0. The lowest BCUT2D eigenvalue weighted by Crippen LogP contribution is -2.28. The second-order valence-corrected chi connectivity index (χ2v) is 4.58. The summed E-state index contributed by atoms with van der Waals surface area (Å²) in [7, 11) is 2.11. The first-order valence-electron chi connectivity index (χ1n) is 6.33. The van der Waals surface area contributed by atoms with Gasteiger partial charge in [-0.2, -0.15) is 0 Å². The Morgan fingerprint density at radius 1 is 1.44 bits per heavy atom.